The number of likely N-dealkylation sites (tertiary alicyclic amines) is 1. The van der Waals surface area contributed by atoms with Crippen molar-refractivity contribution in [2.75, 3.05) is 13.6 Å². The van der Waals surface area contributed by atoms with Gasteiger partial charge in [-0.3, -0.25) is 4.79 Å². The minimum Gasteiger partial charge on any atom is -0.345 e. The smallest absolute Gasteiger partial charge is 0.226 e. The van der Waals surface area contributed by atoms with Crippen LogP contribution in [0.25, 0.3) is 0 Å². The van der Waals surface area contributed by atoms with E-state index in [9.17, 15) is 4.79 Å². The molecule has 0 bridgehead atoms. The van der Waals surface area contributed by atoms with Crippen LogP contribution in [0, 0.1) is 5.92 Å². The van der Waals surface area contributed by atoms with E-state index in [-0.39, 0.29) is 11.3 Å². The number of benzene rings is 1. The molecule has 1 amide bonds. The maximum Gasteiger partial charge on any atom is 0.226 e. The number of piperidine rings is 1. The Morgan fingerprint density at radius 1 is 1.36 bits per heavy atom. The second-order valence-corrected chi connectivity index (χ2v) is 4.47. The Morgan fingerprint density at radius 2 is 2.07 bits per heavy atom. The summed E-state index contributed by atoms with van der Waals surface area (Å²) >= 11 is 0. The van der Waals surface area contributed by atoms with Gasteiger partial charge >= 0.3 is 0 Å². The minimum atomic E-state index is 0.174. The van der Waals surface area contributed by atoms with Crippen molar-refractivity contribution in [1.29, 1.82) is 0 Å². The first-order chi connectivity index (χ1) is 6.74. The van der Waals surface area contributed by atoms with E-state index < -0.39 is 0 Å². The van der Waals surface area contributed by atoms with Crippen molar-refractivity contribution < 1.29 is 4.79 Å². The lowest BCUT2D eigenvalue weighted by atomic mass is 9.95. The van der Waals surface area contributed by atoms with Crippen molar-refractivity contribution in [3.63, 3.8) is 0 Å². The summed E-state index contributed by atoms with van der Waals surface area (Å²) in [6.07, 6.45) is 1.06. The molecular formula is C12H13NO. The Bertz CT molecular complexity index is 387. The number of likely N-dealkylation sites (N-methyl/N-ethyl adjacent to an activating group) is 1. The summed E-state index contributed by atoms with van der Waals surface area (Å²) in [6, 6.07) is 10.4. The summed E-state index contributed by atoms with van der Waals surface area (Å²) in [5.41, 5.74) is 1.51. The van der Waals surface area contributed by atoms with Crippen LogP contribution < -0.4 is 0 Å². The molecule has 0 N–H and O–H groups in total. The summed E-state index contributed by atoms with van der Waals surface area (Å²) in [4.78, 5) is 13.5. The molecule has 1 aromatic carbocycles. The lowest BCUT2D eigenvalue weighted by molar-refractivity contribution is -0.128. The standard InChI is InChI=1S/C12H13NO/c1-13-8-12(7-10(12)11(13)14)9-5-3-2-4-6-9/h2-6,10H,7-8H2,1H3/t10-,12+/m1/s1. The van der Waals surface area contributed by atoms with E-state index in [1.54, 1.807) is 0 Å². The Kier molecular flexibility index (Phi) is 1.37. The molecule has 3 rings (SSSR count). The quantitative estimate of drug-likeness (QED) is 0.651. The normalized spacial score (nSPS) is 34.5. The average molecular weight is 187 g/mol. The van der Waals surface area contributed by atoms with Crippen LogP contribution in [-0.2, 0) is 10.2 Å². The molecule has 14 heavy (non-hydrogen) atoms. The lowest BCUT2D eigenvalue weighted by Crippen LogP contribution is -2.25. The SMILES string of the molecule is CN1C[C@]2(c3ccccc3)C[C@@H]2C1=O. The number of hydrogen-bond acceptors (Lipinski definition) is 1. The van der Waals surface area contributed by atoms with Gasteiger partial charge in [0, 0.05) is 19.0 Å². The zero-order valence-electron chi connectivity index (χ0n) is 8.23. The van der Waals surface area contributed by atoms with Gasteiger partial charge in [0.1, 0.15) is 0 Å². The summed E-state index contributed by atoms with van der Waals surface area (Å²) in [5, 5.41) is 0. The molecule has 72 valence electrons. The number of fused-ring (bicyclic) bond motifs is 1. The van der Waals surface area contributed by atoms with Gasteiger partial charge in [-0.05, 0) is 12.0 Å². The van der Waals surface area contributed by atoms with Gasteiger partial charge in [0.2, 0.25) is 5.91 Å². The average Bonchev–Trinajstić information content (AvgIpc) is 2.88. The van der Waals surface area contributed by atoms with Gasteiger partial charge in [0.05, 0.1) is 5.92 Å². The third-order valence-corrected chi connectivity index (χ3v) is 3.62. The highest BCUT2D eigenvalue weighted by atomic mass is 16.2. The Hall–Kier alpha value is -1.31. The van der Waals surface area contributed by atoms with Crippen molar-refractivity contribution >= 4 is 5.91 Å². The maximum absolute atomic E-state index is 11.7. The van der Waals surface area contributed by atoms with Gasteiger partial charge in [0.15, 0.2) is 0 Å². The number of nitrogens with zero attached hydrogens (tertiary/aromatic N) is 1. The molecule has 0 radical (unpaired) electrons. The fourth-order valence-electron chi connectivity index (χ4n) is 2.75. The number of carbonyl (C=O) groups is 1. The summed E-state index contributed by atoms with van der Waals surface area (Å²) < 4.78 is 0. The van der Waals surface area contributed by atoms with E-state index in [0.717, 1.165) is 13.0 Å². The Morgan fingerprint density at radius 3 is 2.64 bits per heavy atom. The predicted octanol–water partition coefficient (Wildman–Crippen LogP) is 1.42. The van der Waals surface area contributed by atoms with E-state index in [1.807, 2.05) is 18.0 Å². The van der Waals surface area contributed by atoms with Gasteiger partial charge in [-0.25, -0.2) is 0 Å². The molecule has 2 atom stereocenters. The highest BCUT2D eigenvalue weighted by molar-refractivity contribution is 5.88. The largest absolute Gasteiger partial charge is 0.345 e. The van der Waals surface area contributed by atoms with Crippen LogP contribution in [0.2, 0.25) is 0 Å². The number of rotatable bonds is 1. The van der Waals surface area contributed by atoms with Gasteiger partial charge in [-0.15, -0.1) is 0 Å². The lowest BCUT2D eigenvalue weighted by Gasteiger charge is -2.16. The highest BCUT2D eigenvalue weighted by Crippen LogP contribution is 2.59. The molecule has 2 fully saturated rings. The van der Waals surface area contributed by atoms with Crippen LogP contribution in [0.4, 0.5) is 0 Å². The van der Waals surface area contributed by atoms with Gasteiger partial charge in [-0.2, -0.15) is 0 Å². The van der Waals surface area contributed by atoms with E-state index >= 15 is 0 Å². The van der Waals surface area contributed by atoms with Crippen molar-refractivity contribution in [3.8, 4) is 0 Å². The van der Waals surface area contributed by atoms with E-state index in [2.05, 4.69) is 24.3 Å². The van der Waals surface area contributed by atoms with Crippen molar-refractivity contribution in [2.24, 2.45) is 5.92 Å². The molecular weight excluding hydrogens is 174 g/mol. The van der Waals surface area contributed by atoms with Crippen molar-refractivity contribution in [1.82, 2.24) is 4.90 Å². The van der Waals surface area contributed by atoms with E-state index in [1.165, 1.54) is 5.56 Å². The molecule has 2 nitrogen and oxygen atoms in total. The predicted molar refractivity (Wildman–Crippen MR) is 53.9 cm³/mol. The molecule has 0 unspecified atom stereocenters. The molecule has 2 aliphatic rings. The van der Waals surface area contributed by atoms with Crippen LogP contribution in [-0.4, -0.2) is 24.4 Å². The zero-order chi connectivity index (χ0) is 9.76. The molecule has 2 heteroatoms. The first-order valence-electron chi connectivity index (χ1n) is 5.04. The monoisotopic (exact) mass is 187 g/mol. The third kappa shape index (κ3) is 0.834. The molecule has 1 saturated carbocycles. The molecule has 0 spiro atoms. The second kappa shape index (κ2) is 2.38. The van der Waals surface area contributed by atoms with Crippen LogP contribution in [0.5, 0.6) is 0 Å². The van der Waals surface area contributed by atoms with Crippen molar-refractivity contribution in [2.45, 2.75) is 11.8 Å². The second-order valence-electron chi connectivity index (χ2n) is 4.47. The first kappa shape index (κ1) is 8.04. The van der Waals surface area contributed by atoms with E-state index in [0.29, 0.717) is 5.91 Å². The minimum absolute atomic E-state index is 0.174. The number of carbonyl (C=O) groups excluding carboxylic acids is 1. The van der Waals surface area contributed by atoms with E-state index in [4.69, 9.17) is 0 Å². The molecule has 1 aliphatic carbocycles. The van der Waals surface area contributed by atoms with Crippen molar-refractivity contribution in [3.05, 3.63) is 35.9 Å². The third-order valence-electron chi connectivity index (χ3n) is 3.62. The summed E-state index contributed by atoms with van der Waals surface area (Å²) in [6.45, 7) is 0.903. The summed E-state index contributed by atoms with van der Waals surface area (Å²) in [5.74, 6) is 0.601. The topological polar surface area (TPSA) is 20.3 Å². The number of amides is 1. The van der Waals surface area contributed by atoms with Crippen LogP contribution in [0.1, 0.15) is 12.0 Å². The maximum atomic E-state index is 11.7. The van der Waals surface area contributed by atoms with Crippen LogP contribution >= 0.6 is 0 Å². The molecule has 1 aliphatic heterocycles. The van der Waals surface area contributed by atoms with Gasteiger partial charge in [-0.1, -0.05) is 30.3 Å². The zero-order valence-corrected chi connectivity index (χ0v) is 8.23. The highest BCUT2D eigenvalue weighted by Gasteiger charge is 2.65. The molecule has 1 saturated heterocycles. The van der Waals surface area contributed by atoms with Gasteiger partial charge < -0.3 is 4.90 Å². The Labute approximate surface area is 83.5 Å². The number of hydrogen-bond donors (Lipinski definition) is 0. The molecule has 1 heterocycles. The van der Waals surface area contributed by atoms with Gasteiger partial charge in [0.25, 0.3) is 0 Å². The fourth-order valence-corrected chi connectivity index (χ4v) is 2.75. The fraction of sp³-hybridized carbons (Fsp3) is 0.417. The first-order valence-corrected chi connectivity index (χ1v) is 5.04. The Balaban J connectivity index is 1.99. The van der Waals surface area contributed by atoms with Crippen LogP contribution in [0.3, 0.4) is 0 Å². The van der Waals surface area contributed by atoms with Crippen LogP contribution in [0.15, 0.2) is 30.3 Å². The molecule has 0 aromatic heterocycles. The molecule has 1 aromatic rings. The summed E-state index contributed by atoms with van der Waals surface area (Å²) in [7, 11) is 1.90.